The monoisotopic (exact) mass is 480 g/mol. The maximum atomic E-state index is 6.54. The van der Waals surface area contributed by atoms with Gasteiger partial charge in [0.05, 0.1) is 11.2 Å². The van der Waals surface area contributed by atoms with Crippen LogP contribution in [0.25, 0.3) is 54.2 Å². The summed E-state index contributed by atoms with van der Waals surface area (Å²) in [5.41, 5.74) is 2.82. The van der Waals surface area contributed by atoms with Gasteiger partial charge in [-0.05, 0) is 93.4 Å². The number of rotatable bonds is 2. The Morgan fingerprint density at radius 3 is 1.68 bits per heavy atom. The van der Waals surface area contributed by atoms with Crippen molar-refractivity contribution in [3.05, 3.63) is 103 Å². The van der Waals surface area contributed by atoms with Crippen molar-refractivity contribution in [2.75, 3.05) is 0 Å². The molecule has 180 valence electrons. The maximum Gasteiger partial charge on any atom is 0.495 e. The van der Waals surface area contributed by atoms with Crippen molar-refractivity contribution in [1.82, 2.24) is 0 Å². The van der Waals surface area contributed by atoms with Crippen LogP contribution in [-0.2, 0) is 9.31 Å². The van der Waals surface area contributed by atoms with Crippen molar-refractivity contribution in [1.29, 1.82) is 0 Å². The summed E-state index contributed by atoms with van der Waals surface area (Å²) in [6.45, 7) is 8.45. The second-order valence-electron chi connectivity index (χ2n) is 11.2. The first-order valence-corrected chi connectivity index (χ1v) is 13.0. The molecule has 0 aliphatic carbocycles. The Bertz CT molecular complexity index is 1830. The molecule has 1 saturated heterocycles. The van der Waals surface area contributed by atoms with Gasteiger partial charge in [0.15, 0.2) is 0 Å². The molecule has 6 aromatic rings. The van der Waals surface area contributed by atoms with Crippen molar-refractivity contribution < 1.29 is 9.31 Å². The average Bonchev–Trinajstić information content (AvgIpc) is 3.13. The molecule has 3 heteroatoms. The van der Waals surface area contributed by atoms with E-state index in [1.807, 2.05) is 0 Å². The third-order valence-electron chi connectivity index (χ3n) is 8.50. The summed E-state index contributed by atoms with van der Waals surface area (Å²) in [5, 5.41) is 9.89. The summed E-state index contributed by atoms with van der Waals surface area (Å²) in [4.78, 5) is 0. The van der Waals surface area contributed by atoms with E-state index in [4.69, 9.17) is 9.31 Å². The van der Waals surface area contributed by atoms with Gasteiger partial charge < -0.3 is 9.31 Å². The van der Waals surface area contributed by atoms with Crippen LogP contribution in [0.2, 0.25) is 0 Å². The van der Waals surface area contributed by atoms with E-state index in [-0.39, 0.29) is 0 Å². The van der Waals surface area contributed by atoms with E-state index in [2.05, 4.69) is 131 Å². The van der Waals surface area contributed by atoms with Gasteiger partial charge in [-0.3, -0.25) is 0 Å². The summed E-state index contributed by atoms with van der Waals surface area (Å²) >= 11 is 0. The molecule has 2 nitrogen and oxygen atoms in total. The van der Waals surface area contributed by atoms with Crippen molar-refractivity contribution in [3.8, 4) is 11.1 Å². The fourth-order valence-corrected chi connectivity index (χ4v) is 5.83. The second kappa shape index (κ2) is 7.92. The Hall–Kier alpha value is -3.66. The number of fused-ring (bicyclic) bond motifs is 6. The molecule has 6 aromatic carbocycles. The quantitative estimate of drug-likeness (QED) is 0.183. The topological polar surface area (TPSA) is 18.5 Å². The maximum absolute atomic E-state index is 6.54. The predicted octanol–water partition coefficient (Wildman–Crippen LogP) is 8.27. The zero-order chi connectivity index (χ0) is 25.4. The van der Waals surface area contributed by atoms with Gasteiger partial charge in [-0.15, -0.1) is 0 Å². The Morgan fingerprint density at radius 2 is 0.973 bits per heavy atom. The molecule has 1 heterocycles. The SMILES string of the molecule is CC1(C)OB(c2cc3c4ccccc4c(-c4cccc5ccccc45)cc3c3ccccc23)OC1(C)C. The average molecular weight is 480 g/mol. The van der Waals surface area contributed by atoms with Gasteiger partial charge >= 0.3 is 7.12 Å². The van der Waals surface area contributed by atoms with E-state index in [0.717, 1.165) is 5.46 Å². The molecule has 0 amide bonds. The molecule has 0 radical (unpaired) electrons. The van der Waals surface area contributed by atoms with Crippen LogP contribution < -0.4 is 5.46 Å². The van der Waals surface area contributed by atoms with Crippen molar-refractivity contribution in [2.24, 2.45) is 0 Å². The van der Waals surface area contributed by atoms with Gasteiger partial charge in [-0.25, -0.2) is 0 Å². The Balaban J connectivity index is 1.58. The highest BCUT2D eigenvalue weighted by Crippen LogP contribution is 2.41. The lowest BCUT2D eigenvalue weighted by atomic mass is 9.74. The molecule has 7 rings (SSSR count). The standard InChI is InChI=1S/C34H29BO2/c1-33(2)34(3,4)37-35(36-33)32-21-31-26-16-8-7-15-25(26)29(20-30(31)27-17-9-10-18-28(27)32)24-19-11-13-22-12-5-6-14-23(22)24/h5-21H,1-4H3. The molecule has 0 spiro atoms. The predicted molar refractivity (Wildman–Crippen MR) is 158 cm³/mol. The minimum atomic E-state index is -0.421. The van der Waals surface area contributed by atoms with E-state index in [1.54, 1.807) is 0 Å². The summed E-state index contributed by atoms with van der Waals surface area (Å²) in [6.07, 6.45) is 0. The normalized spacial score (nSPS) is 16.8. The van der Waals surface area contributed by atoms with Crippen molar-refractivity contribution >= 4 is 55.7 Å². The Labute approximate surface area is 218 Å². The molecular weight excluding hydrogens is 451 g/mol. The highest BCUT2D eigenvalue weighted by Gasteiger charge is 2.52. The molecule has 1 aliphatic heterocycles. The van der Waals surface area contributed by atoms with Crippen LogP contribution in [0.15, 0.2) is 103 Å². The van der Waals surface area contributed by atoms with Crippen LogP contribution in [0.4, 0.5) is 0 Å². The fourth-order valence-electron chi connectivity index (χ4n) is 5.83. The molecule has 1 fully saturated rings. The number of hydrogen-bond donors (Lipinski definition) is 0. The van der Waals surface area contributed by atoms with Gasteiger partial charge in [0.2, 0.25) is 0 Å². The lowest BCUT2D eigenvalue weighted by molar-refractivity contribution is 0.00578. The minimum Gasteiger partial charge on any atom is -0.399 e. The van der Waals surface area contributed by atoms with Gasteiger partial charge in [0.25, 0.3) is 0 Å². The van der Waals surface area contributed by atoms with Crippen LogP contribution >= 0.6 is 0 Å². The van der Waals surface area contributed by atoms with Crippen LogP contribution in [0.5, 0.6) is 0 Å². The van der Waals surface area contributed by atoms with Gasteiger partial charge in [-0.1, -0.05) is 97.1 Å². The third-order valence-corrected chi connectivity index (χ3v) is 8.50. The van der Waals surface area contributed by atoms with E-state index in [0.29, 0.717) is 0 Å². The van der Waals surface area contributed by atoms with Crippen LogP contribution in [0.3, 0.4) is 0 Å². The molecule has 37 heavy (non-hydrogen) atoms. The largest absolute Gasteiger partial charge is 0.495 e. The van der Waals surface area contributed by atoms with E-state index >= 15 is 0 Å². The molecule has 0 atom stereocenters. The zero-order valence-corrected chi connectivity index (χ0v) is 21.7. The smallest absolute Gasteiger partial charge is 0.399 e. The Kier molecular flexibility index (Phi) is 4.82. The molecule has 0 N–H and O–H groups in total. The first kappa shape index (κ1) is 22.5. The fraction of sp³-hybridized carbons (Fsp3) is 0.176. The van der Waals surface area contributed by atoms with Gasteiger partial charge in [-0.2, -0.15) is 0 Å². The highest BCUT2D eigenvalue weighted by molar-refractivity contribution is 6.66. The number of benzene rings is 6. The first-order valence-electron chi connectivity index (χ1n) is 13.0. The molecule has 0 aromatic heterocycles. The van der Waals surface area contributed by atoms with Crippen molar-refractivity contribution in [2.45, 2.75) is 38.9 Å². The van der Waals surface area contributed by atoms with E-state index < -0.39 is 18.3 Å². The van der Waals surface area contributed by atoms with Crippen LogP contribution in [0.1, 0.15) is 27.7 Å². The van der Waals surface area contributed by atoms with Crippen molar-refractivity contribution in [3.63, 3.8) is 0 Å². The lowest BCUT2D eigenvalue weighted by Crippen LogP contribution is -2.41. The molecule has 0 saturated carbocycles. The van der Waals surface area contributed by atoms with E-state index in [9.17, 15) is 0 Å². The Morgan fingerprint density at radius 1 is 0.459 bits per heavy atom. The van der Waals surface area contributed by atoms with E-state index in [1.165, 1.54) is 54.2 Å². The van der Waals surface area contributed by atoms with Crippen LogP contribution in [0, 0.1) is 0 Å². The lowest BCUT2D eigenvalue weighted by Gasteiger charge is -2.32. The second-order valence-corrected chi connectivity index (χ2v) is 11.2. The van der Waals surface area contributed by atoms with Gasteiger partial charge in [0, 0.05) is 0 Å². The summed E-state index contributed by atoms with van der Waals surface area (Å²) < 4.78 is 13.1. The zero-order valence-electron chi connectivity index (χ0n) is 21.7. The van der Waals surface area contributed by atoms with Gasteiger partial charge in [0.1, 0.15) is 0 Å². The van der Waals surface area contributed by atoms with Crippen LogP contribution in [-0.4, -0.2) is 18.3 Å². The highest BCUT2D eigenvalue weighted by atomic mass is 16.7. The first-order chi connectivity index (χ1) is 17.8. The molecule has 1 aliphatic rings. The summed E-state index contributed by atoms with van der Waals surface area (Å²) in [5.74, 6) is 0. The molecule has 0 unspecified atom stereocenters. The summed E-state index contributed by atoms with van der Waals surface area (Å²) in [7, 11) is -0.421. The number of hydrogen-bond acceptors (Lipinski definition) is 2. The summed E-state index contributed by atoms with van der Waals surface area (Å²) in [6, 6.07) is 37.4. The third kappa shape index (κ3) is 3.35. The molecular formula is C34H29BO2. The minimum absolute atomic E-state index is 0.395. The molecule has 0 bridgehead atoms.